The molecule has 7 nitrogen and oxygen atoms in total. The second-order valence-electron chi connectivity index (χ2n) is 5.75. The number of benzene rings is 2. The highest BCUT2D eigenvalue weighted by Crippen LogP contribution is 2.33. The van der Waals surface area contributed by atoms with Crippen LogP contribution in [0.5, 0.6) is 5.75 Å². The Morgan fingerprint density at radius 2 is 2.00 bits per heavy atom. The van der Waals surface area contributed by atoms with Gasteiger partial charge in [0.15, 0.2) is 0 Å². The SMILES string of the molecule is O=C1C(Nc2ccc([N+](=O)[O-])c(OC(F)F)c2)CCN1c1ccccc1F. The predicted molar refractivity (Wildman–Crippen MR) is 90.5 cm³/mol. The molecule has 1 unspecified atom stereocenters. The van der Waals surface area contributed by atoms with Crippen molar-refractivity contribution in [2.75, 3.05) is 16.8 Å². The van der Waals surface area contributed by atoms with Gasteiger partial charge in [-0.2, -0.15) is 8.78 Å². The van der Waals surface area contributed by atoms with Gasteiger partial charge in [-0.3, -0.25) is 14.9 Å². The van der Waals surface area contributed by atoms with E-state index in [9.17, 15) is 28.1 Å². The number of ether oxygens (including phenoxy) is 1. The predicted octanol–water partition coefficient (Wildman–Crippen LogP) is 3.55. The first-order valence-corrected chi connectivity index (χ1v) is 7.92. The first-order chi connectivity index (χ1) is 12.9. The number of nitrogens with zero attached hydrogens (tertiary/aromatic N) is 2. The topological polar surface area (TPSA) is 84.7 Å². The second-order valence-corrected chi connectivity index (χ2v) is 5.75. The quantitative estimate of drug-likeness (QED) is 0.611. The zero-order valence-corrected chi connectivity index (χ0v) is 13.8. The average molecular weight is 381 g/mol. The molecule has 1 saturated heterocycles. The van der Waals surface area contributed by atoms with Crippen molar-refractivity contribution in [2.24, 2.45) is 0 Å². The summed E-state index contributed by atoms with van der Waals surface area (Å²) in [6.45, 7) is -2.96. The number of nitrogens with one attached hydrogen (secondary N) is 1. The maximum Gasteiger partial charge on any atom is 0.387 e. The van der Waals surface area contributed by atoms with Crippen LogP contribution in [-0.4, -0.2) is 30.0 Å². The number of amides is 1. The molecule has 3 rings (SSSR count). The molecule has 0 aliphatic carbocycles. The van der Waals surface area contributed by atoms with Gasteiger partial charge in [0.2, 0.25) is 11.7 Å². The largest absolute Gasteiger partial charge is 0.427 e. The number of anilines is 2. The minimum atomic E-state index is -3.23. The Balaban J connectivity index is 1.79. The maximum absolute atomic E-state index is 13.9. The summed E-state index contributed by atoms with van der Waals surface area (Å²) in [6.07, 6.45) is 0.342. The van der Waals surface area contributed by atoms with Crippen molar-refractivity contribution in [1.82, 2.24) is 0 Å². The van der Waals surface area contributed by atoms with Crippen LogP contribution in [0.15, 0.2) is 42.5 Å². The third-order valence-electron chi connectivity index (χ3n) is 4.06. The van der Waals surface area contributed by atoms with Gasteiger partial charge in [0.25, 0.3) is 0 Å². The lowest BCUT2D eigenvalue weighted by molar-refractivity contribution is -0.386. The maximum atomic E-state index is 13.9. The van der Waals surface area contributed by atoms with Crippen LogP contribution in [0.4, 0.5) is 30.2 Å². The molecule has 1 N–H and O–H groups in total. The average Bonchev–Trinajstić information content (AvgIpc) is 2.95. The van der Waals surface area contributed by atoms with Gasteiger partial charge in [0, 0.05) is 24.4 Å². The van der Waals surface area contributed by atoms with E-state index in [1.54, 1.807) is 6.07 Å². The van der Waals surface area contributed by atoms with Crippen molar-refractivity contribution in [2.45, 2.75) is 19.1 Å². The number of para-hydroxylation sites is 1. The molecule has 0 aromatic heterocycles. The van der Waals surface area contributed by atoms with E-state index in [2.05, 4.69) is 10.1 Å². The van der Waals surface area contributed by atoms with Gasteiger partial charge >= 0.3 is 12.3 Å². The van der Waals surface area contributed by atoms with E-state index in [-0.39, 0.29) is 17.9 Å². The molecule has 1 heterocycles. The number of halogens is 3. The van der Waals surface area contributed by atoms with E-state index in [1.165, 1.54) is 29.2 Å². The van der Waals surface area contributed by atoms with Crippen LogP contribution in [0.25, 0.3) is 0 Å². The zero-order valence-electron chi connectivity index (χ0n) is 13.8. The normalized spacial score (nSPS) is 16.7. The van der Waals surface area contributed by atoms with Crippen molar-refractivity contribution < 1.29 is 27.6 Å². The smallest absolute Gasteiger partial charge is 0.387 e. The molecule has 1 aliphatic rings. The highest BCUT2D eigenvalue weighted by Gasteiger charge is 2.34. The van der Waals surface area contributed by atoms with Gasteiger partial charge < -0.3 is 15.0 Å². The number of alkyl halides is 2. The molecule has 0 spiro atoms. The Kier molecular flexibility index (Phi) is 5.15. The summed E-state index contributed by atoms with van der Waals surface area (Å²) in [5.74, 6) is -1.54. The van der Waals surface area contributed by atoms with Crippen LogP contribution in [0.1, 0.15) is 6.42 Å². The van der Waals surface area contributed by atoms with Crippen LogP contribution in [0, 0.1) is 15.9 Å². The van der Waals surface area contributed by atoms with Crippen molar-refractivity contribution in [3.63, 3.8) is 0 Å². The van der Waals surface area contributed by atoms with Gasteiger partial charge in [0.05, 0.1) is 10.6 Å². The van der Waals surface area contributed by atoms with Gasteiger partial charge in [-0.25, -0.2) is 4.39 Å². The van der Waals surface area contributed by atoms with Gasteiger partial charge in [0.1, 0.15) is 11.9 Å². The van der Waals surface area contributed by atoms with Gasteiger partial charge in [-0.05, 0) is 24.6 Å². The molecule has 1 aliphatic heterocycles. The summed E-state index contributed by atoms with van der Waals surface area (Å²) >= 11 is 0. The highest BCUT2D eigenvalue weighted by atomic mass is 19.3. The lowest BCUT2D eigenvalue weighted by Crippen LogP contribution is -2.33. The van der Waals surface area contributed by atoms with E-state index in [4.69, 9.17) is 0 Å². The van der Waals surface area contributed by atoms with Crippen LogP contribution in [-0.2, 0) is 4.79 Å². The summed E-state index contributed by atoms with van der Waals surface area (Å²) in [7, 11) is 0. The van der Waals surface area contributed by atoms with Gasteiger partial charge in [-0.15, -0.1) is 0 Å². The van der Waals surface area contributed by atoms with Crippen molar-refractivity contribution >= 4 is 23.0 Å². The summed E-state index contributed by atoms with van der Waals surface area (Å²) in [6, 6.07) is 8.44. The molecule has 0 bridgehead atoms. The first kappa shape index (κ1) is 18.5. The summed E-state index contributed by atoms with van der Waals surface area (Å²) in [4.78, 5) is 23.9. The lowest BCUT2D eigenvalue weighted by Gasteiger charge is -2.18. The standard InChI is InChI=1S/C17H14F3N3O4/c18-11-3-1-2-4-13(11)22-8-7-12(16(22)24)21-10-5-6-14(23(25)26)15(9-10)27-17(19)20/h1-6,9,12,17,21H,7-8H2. The molecule has 2 aromatic rings. The number of nitro groups is 1. The van der Waals surface area contributed by atoms with Gasteiger partial charge in [-0.1, -0.05) is 12.1 Å². The minimum Gasteiger partial charge on any atom is -0.427 e. The fourth-order valence-corrected chi connectivity index (χ4v) is 2.87. The molecule has 2 aromatic carbocycles. The van der Waals surface area contributed by atoms with Crippen LogP contribution >= 0.6 is 0 Å². The molecule has 0 radical (unpaired) electrons. The Bertz CT molecular complexity index is 878. The summed E-state index contributed by atoms with van der Waals surface area (Å²) < 4.78 is 43.0. The molecule has 10 heteroatoms. The molecule has 1 amide bonds. The van der Waals surface area contributed by atoms with Crippen LogP contribution in [0.2, 0.25) is 0 Å². The summed E-state index contributed by atoms with van der Waals surface area (Å²) in [5.41, 5.74) is -0.270. The van der Waals surface area contributed by atoms with E-state index in [1.807, 2.05) is 0 Å². The number of rotatable bonds is 6. The second kappa shape index (κ2) is 7.52. The van der Waals surface area contributed by atoms with Crippen LogP contribution < -0.4 is 15.0 Å². The van der Waals surface area contributed by atoms with Crippen molar-refractivity contribution in [1.29, 1.82) is 0 Å². The first-order valence-electron chi connectivity index (χ1n) is 7.92. The third kappa shape index (κ3) is 3.94. The lowest BCUT2D eigenvalue weighted by atomic mass is 10.2. The van der Waals surface area contributed by atoms with Crippen LogP contribution in [0.3, 0.4) is 0 Å². The number of carbonyl (C=O) groups is 1. The zero-order chi connectivity index (χ0) is 19.6. The number of nitro benzene ring substituents is 1. The molecule has 0 saturated carbocycles. The fourth-order valence-electron chi connectivity index (χ4n) is 2.87. The molecular weight excluding hydrogens is 367 g/mol. The Labute approximate surface area is 151 Å². The number of hydrogen-bond acceptors (Lipinski definition) is 5. The van der Waals surface area contributed by atoms with E-state index in [0.717, 1.165) is 12.1 Å². The molecule has 1 fully saturated rings. The van der Waals surface area contributed by atoms with E-state index < -0.39 is 40.7 Å². The van der Waals surface area contributed by atoms with Crippen molar-refractivity contribution in [3.8, 4) is 5.75 Å². The molecule has 1 atom stereocenters. The number of carbonyl (C=O) groups excluding carboxylic acids is 1. The monoisotopic (exact) mass is 381 g/mol. The summed E-state index contributed by atoms with van der Waals surface area (Å²) in [5, 5.41) is 13.7. The Hall–Kier alpha value is -3.30. The third-order valence-corrected chi connectivity index (χ3v) is 4.06. The molecular formula is C17H14F3N3O4. The molecule has 142 valence electrons. The fraction of sp³-hybridized carbons (Fsp3) is 0.235. The Morgan fingerprint density at radius 1 is 1.26 bits per heavy atom. The van der Waals surface area contributed by atoms with E-state index >= 15 is 0 Å². The highest BCUT2D eigenvalue weighted by molar-refractivity contribution is 6.01. The minimum absolute atomic E-state index is 0.150. The number of hydrogen-bond donors (Lipinski definition) is 1. The van der Waals surface area contributed by atoms with Crippen molar-refractivity contribution in [3.05, 3.63) is 58.4 Å². The Morgan fingerprint density at radius 3 is 2.67 bits per heavy atom. The van der Waals surface area contributed by atoms with E-state index in [0.29, 0.717) is 6.42 Å². The molecule has 27 heavy (non-hydrogen) atoms.